The van der Waals surface area contributed by atoms with Crippen LogP contribution in [0, 0.1) is 11.3 Å². The van der Waals surface area contributed by atoms with Crippen molar-refractivity contribution < 1.29 is 27.8 Å². The van der Waals surface area contributed by atoms with Crippen molar-refractivity contribution in [2.24, 2.45) is 11.3 Å². The van der Waals surface area contributed by atoms with Crippen molar-refractivity contribution >= 4 is 6.09 Å². The van der Waals surface area contributed by atoms with Crippen LogP contribution in [-0.2, 0) is 10.9 Å². The molecule has 0 radical (unpaired) electrons. The van der Waals surface area contributed by atoms with Gasteiger partial charge in [0, 0.05) is 19.1 Å². The van der Waals surface area contributed by atoms with Crippen LogP contribution in [0.25, 0.3) is 0 Å². The van der Waals surface area contributed by atoms with E-state index in [9.17, 15) is 23.1 Å². The van der Waals surface area contributed by atoms with E-state index in [1.54, 1.807) is 12.1 Å². The van der Waals surface area contributed by atoms with Gasteiger partial charge in [0.25, 0.3) is 0 Å². The number of benzene rings is 1. The first-order chi connectivity index (χ1) is 15.2. The van der Waals surface area contributed by atoms with Crippen LogP contribution < -0.4 is 0 Å². The molecule has 0 unspecified atom stereocenters. The second-order valence-corrected chi connectivity index (χ2v) is 11.5. The van der Waals surface area contributed by atoms with E-state index in [4.69, 9.17) is 4.74 Å². The molecular formula is C26H38F3NO3. The van der Waals surface area contributed by atoms with Gasteiger partial charge in [0.15, 0.2) is 0 Å². The minimum Gasteiger partial charge on any atom is -0.444 e. The van der Waals surface area contributed by atoms with Crippen LogP contribution in [0.2, 0.25) is 0 Å². The lowest BCUT2D eigenvalue weighted by Gasteiger charge is -2.61. The maximum absolute atomic E-state index is 13.5. The van der Waals surface area contributed by atoms with E-state index in [1.807, 2.05) is 25.7 Å². The quantitative estimate of drug-likeness (QED) is 0.500. The topological polar surface area (TPSA) is 49.8 Å². The number of ether oxygens (including phenoxy) is 1. The third-order valence-corrected chi connectivity index (χ3v) is 7.52. The molecule has 0 aliphatic heterocycles. The average Bonchev–Trinajstić information content (AvgIpc) is 2.72. The molecule has 4 rings (SSSR count). The second kappa shape index (κ2) is 9.12. The summed E-state index contributed by atoms with van der Waals surface area (Å²) in [6.07, 6.45) is -0.301. The van der Waals surface area contributed by atoms with Gasteiger partial charge in [0.05, 0.1) is 11.1 Å². The lowest BCUT2D eigenvalue weighted by Crippen LogP contribution is -2.63. The molecule has 3 aliphatic rings. The van der Waals surface area contributed by atoms with E-state index in [1.165, 1.54) is 0 Å². The number of aliphatic hydroxyl groups excluding tert-OH is 1. The number of nitrogens with zero attached hydrogens (tertiary/aromatic N) is 1. The number of carbonyl (C=O) groups is 1. The van der Waals surface area contributed by atoms with Crippen LogP contribution >= 0.6 is 0 Å². The number of aliphatic hydroxyl groups is 1. The van der Waals surface area contributed by atoms with Crippen molar-refractivity contribution in [1.29, 1.82) is 0 Å². The average molecular weight is 470 g/mol. The van der Waals surface area contributed by atoms with Crippen LogP contribution in [0.3, 0.4) is 0 Å². The summed E-state index contributed by atoms with van der Waals surface area (Å²) in [5.74, 6) is 0.230. The number of carbonyl (C=O) groups excluding carboxylic acids is 1. The highest BCUT2D eigenvalue weighted by molar-refractivity contribution is 5.70. The molecule has 1 amide bonds. The summed E-state index contributed by atoms with van der Waals surface area (Å²) in [4.78, 5) is 15.3. The molecule has 7 heteroatoms. The van der Waals surface area contributed by atoms with Crippen molar-refractivity contribution in [3.05, 3.63) is 35.4 Å². The molecule has 3 aliphatic carbocycles. The number of halogens is 3. The molecular weight excluding hydrogens is 431 g/mol. The van der Waals surface area contributed by atoms with Crippen molar-refractivity contribution in [3.63, 3.8) is 0 Å². The summed E-state index contributed by atoms with van der Waals surface area (Å²) in [7, 11) is 0. The van der Waals surface area contributed by atoms with Gasteiger partial charge in [-0.3, -0.25) is 0 Å². The van der Waals surface area contributed by atoms with Gasteiger partial charge in [-0.25, -0.2) is 4.79 Å². The third-order valence-electron chi connectivity index (χ3n) is 7.52. The van der Waals surface area contributed by atoms with Crippen LogP contribution in [-0.4, -0.2) is 40.4 Å². The lowest BCUT2D eigenvalue weighted by molar-refractivity contribution is -0.137. The minimum absolute atomic E-state index is 0.0542. The molecule has 2 bridgehead atoms. The first-order valence-electron chi connectivity index (χ1n) is 12.0. The Bertz CT molecular complexity index is 819. The molecule has 0 aromatic heterocycles. The molecule has 1 aromatic carbocycles. The number of fused-ring (bicyclic) bond motifs is 3. The fourth-order valence-corrected chi connectivity index (χ4v) is 5.60. The van der Waals surface area contributed by atoms with Crippen LogP contribution in [0.1, 0.15) is 90.2 Å². The van der Waals surface area contributed by atoms with E-state index >= 15 is 0 Å². The number of rotatable bonds is 6. The zero-order chi connectivity index (χ0) is 24.7. The normalized spacial score (nSPS) is 27.6. The zero-order valence-corrected chi connectivity index (χ0v) is 20.5. The molecule has 4 nitrogen and oxygen atoms in total. The maximum atomic E-state index is 13.5. The molecule has 3 fully saturated rings. The summed E-state index contributed by atoms with van der Waals surface area (Å²) in [5, 5.41) is 10.2. The number of hydrogen-bond acceptors (Lipinski definition) is 3. The summed E-state index contributed by atoms with van der Waals surface area (Å²) in [6, 6.07) is 5.36. The van der Waals surface area contributed by atoms with E-state index < -0.39 is 22.9 Å². The Morgan fingerprint density at radius 3 is 2.15 bits per heavy atom. The lowest BCUT2D eigenvalue weighted by atomic mass is 9.51. The Hall–Kier alpha value is -1.76. The smallest absolute Gasteiger partial charge is 0.416 e. The summed E-state index contributed by atoms with van der Waals surface area (Å²) < 4.78 is 45.3. The van der Waals surface area contributed by atoms with Gasteiger partial charge < -0.3 is 14.7 Å². The van der Waals surface area contributed by atoms with Crippen molar-refractivity contribution in [1.82, 2.24) is 4.90 Å². The summed E-state index contributed by atoms with van der Waals surface area (Å²) in [5.41, 5.74) is -1.31. The minimum atomic E-state index is -4.39. The first kappa shape index (κ1) is 25.9. The zero-order valence-electron chi connectivity index (χ0n) is 20.5. The molecule has 0 spiro atoms. The molecule has 33 heavy (non-hydrogen) atoms. The predicted molar refractivity (Wildman–Crippen MR) is 122 cm³/mol. The van der Waals surface area contributed by atoms with Gasteiger partial charge in [-0.2, -0.15) is 13.2 Å². The molecule has 0 saturated heterocycles. The highest BCUT2D eigenvalue weighted by atomic mass is 19.4. The monoisotopic (exact) mass is 469 g/mol. The maximum Gasteiger partial charge on any atom is 0.416 e. The Morgan fingerprint density at radius 1 is 1.12 bits per heavy atom. The van der Waals surface area contributed by atoms with E-state index in [0.29, 0.717) is 31.7 Å². The molecule has 1 aromatic rings. The van der Waals surface area contributed by atoms with Gasteiger partial charge in [0.1, 0.15) is 5.60 Å². The van der Waals surface area contributed by atoms with Crippen molar-refractivity contribution in [2.75, 3.05) is 13.2 Å². The van der Waals surface area contributed by atoms with Crippen LogP contribution in [0.5, 0.6) is 0 Å². The van der Waals surface area contributed by atoms with Gasteiger partial charge in [-0.15, -0.1) is 0 Å². The number of amides is 1. The highest BCUT2D eigenvalue weighted by Crippen LogP contribution is 2.61. The van der Waals surface area contributed by atoms with Gasteiger partial charge in [-0.05, 0) is 88.3 Å². The first-order valence-corrected chi connectivity index (χ1v) is 12.0. The second-order valence-electron chi connectivity index (χ2n) is 11.5. The Balaban J connectivity index is 2.04. The summed E-state index contributed by atoms with van der Waals surface area (Å²) >= 11 is 0. The number of alkyl halides is 3. The fourth-order valence-electron chi connectivity index (χ4n) is 5.60. The standard InChI is InChI=1S/C26H38F3NO3/c1-18(2)10-15-30(22(32)33-23(3,4)5)25-13-11-24(17-31,12-14-25)16-21(25)19-6-8-20(9-7-19)26(27,28)29/h6-9,18,21,31H,10-17H2,1-5H3/t21-,24?,25?/m0/s1. The van der Waals surface area contributed by atoms with Crippen LogP contribution in [0.15, 0.2) is 24.3 Å². The van der Waals surface area contributed by atoms with Gasteiger partial charge >= 0.3 is 12.3 Å². The SMILES string of the molecule is CC(C)CCN(C(=O)OC(C)(C)C)C12CCC(CO)(CC1)C[C@H]2c1ccc(C(F)(F)F)cc1. The fraction of sp³-hybridized carbons (Fsp3) is 0.731. The largest absolute Gasteiger partial charge is 0.444 e. The molecule has 3 saturated carbocycles. The van der Waals surface area contributed by atoms with E-state index in [0.717, 1.165) is 37.0 Å². The number of hydrogen-bond donors (Lipinski definition) is 1. The van der Waals surface area contributed by atoms with Gasteiger partial charge in [-0.1, -0.05) is 26.0 Å². The van der Waals surface area contributed by atoms with Crippen LogP contribution in [0.4, 0.5) is 18.0 Å². The van der Waals surface area contributed by atoms with Crippen molar-refractivity contribution in [3.8, 4) is 0 Å². The molecule has 186 valence electrons. The van der Waals surface area contributed by atoms with E-state index in [2.05, 4.69) is 13.8 Å². The third kappa shape index (κ3) is 5.50. The highest BCUT2D eigenvalue weighted by Gasteiger charge is 2.58. The predicted octanol–water partition coefficient (Wildman–Crippen LogP) is 6.77. The van der Waals surface area contributed by atoms with E-state index in [-0.39, 0.29) is 24.0 Å². The molecule has 1 N–H and O–H groups in total. The van der Waals surface area contributed by atoms with Gasteiger partial charge in [0.2, 0.25) is 0 Å². The molecule has 1 atom stereocenters. The Morgan fingerprint density at radius 2 is 1.70 bits per heavy atom. The Kier molecular flexibility index (Phi) is 7.15. The Labute approximate surface area is 195 Å². The summed E-state index contributed by atoms with van der Waals surface area (Å²) in [6.45, 7) is 10.3. The molecule has 0 heterocycles. The van der Waals surface area contributed by atoms with Crippen molar-refractivity contribution in [2.45, 2.75) is 96.4 Å².